The molecule has 0 radical (unpaired) electrons. The average molecular weight is 291 g/mol. The first-order valence-corrected chi connectivity index (χ1v) is 6.98. The molecule has 0 fully saturated rings. The van der Waals surface area contributed by atoms with Crippen molar-refractivity contribution in [3.8, 4) is 0 Å². The summed E-state index contributed by atoms with van der Waals surface area (Å²) in [6.45, 7) is 11.3. The summed E-state index contributed by atoms with van der Waals surface area (Å²) in [4.78, 5) is 23.8. The average Bonchev–Trinajstić information content (AvgIpc) is 2.25. The van der Waals surface area contributed by atoms with Crippen LogP contribution in [-0.4, -0.2) is 17.5 Å². The zero-order valence-corrected chi connectivity index (χ0v) is 13.6. The van der Waals surface area contributed by atoms with Crippen molar-refractivity contribution in [3.05, 3.63) is 24.3 Å². The molecule has 3 N–H and O–H groups in total. The van der Waals surface area contributed by atoms with Gasteiger partial charge in [-0.15, -0.1) is 0 Å². The van der Waals surface area contributed by atoms with E-state index in [0.29, 0.717) is 11.4 Å². The van der Waals surface area contributed by atoms with Gasteiger partial charge in [0.1, 0.15) is 0 Å². The summed E-state index contributed by atoms with van der Waals surface area (Å²) in [5, 5.41) is 8.40. The third-order valence-electron chi connectivity index (χ3n) is 2.55. The molecule has 0 aliphatic rings. The number of carbonyl (C=O) groups excluding carboxylic acids is 2. The summed E-state index contributed by atoms with van der Waals surface area (Å²) in [5.41, 5.74) is 0.516. The first-order chi connectivity index (χ1) is 9.47. The molecular formula is C16H25N3O2. The standard InChI is InChI=1S/C16H25N3O2/c1-15(2,3)13(20)17-11-8-7-9-12(10-11)18-14(21)19-16(4,5)6/h7-10H,1-6H3,(H,17,20)(H2,18,19,21). The maximum absolute atomic E-state index is 11.9. The second-order valence-corrected chi connectivity index (χ2v) is 7.11. The van der Waals surface area contributed by atoms with E-state index in [4.69, 9.17) is 0 Å². The van der Waals surface area contributed by atoms with Gasteiger partial charge in [0.15, 0.2) is 0 Å². The van der Waals surface area contributed by atoms with Gasteiger partial charge >= 0.3 is 6.03 Å². The Bertz CT molecular complexity index is 525. The molecular weight excluding hydrogens is 266 g/mol. The Labute approximate surface area is 126 Å². The van der Waals surface area contributed by atoms with Gasteiger partial charge in [-0.3, -0.25) is 4.79 Å². The fourth-order valence-electron chi connectivity index (χ4n) is 1.50. The van der Waals surface area contributed by atoms with Crippen molar-refractivity contribution in [1.82, 2.24) is 5.32 Å². The summed E-state index contributed by atoms with van der Waals surface area (Å²) < 4.78 is 0. The van der Waals surface area contributed by atoms with Crippen LogP contribution in [0.25, 0.3) is 0 Å². The van der Waals surface area contributed by atoms with E-state index >= 15 is 0 Å². The normalized spacial score (nSPS) is 11.7. The van der Waals surface area contributed by atoms with Gasteiger partial charge in [-0.05, 0) is 39.0 Å². The van der Waals surface area contributed by atoms with Crippen molar-refractivity contribution in [2.45, 2.75) is 47.1 Å². The molecule has 1 aromatic rings. The van der Waals surface area contributed by atoms with Crippen LogP contribution in [0.4, 0.5) is 16.2 Å². The van der Waals surface area contributed by atoms with E-state index in [1.54, 1.807) is 24.3 Å². The summed E-state index contributed by atoms with van der Waals surface area (Å²) in [5.74, 6) is -0.0706. The minimum absolute atomic E-state index is 0.0706. The molecule has 1 rings (SSSR count). The third-order valence-corrected chi connectivity index (χ3v) is 2.55. The summed E-state index contributed by atoms with van der Waals surface area (Å²) in [6, 6.07) is 6.80. The highest BCUT2D eigenvalue weighted by atomic mass is 16.2. The first-order valence-electron chi connectivity index (χ1n) is 6.98. The van der Waals surface area contributed by atoms with Crippen LogP contribution in [0.15, 0.2) is 24.3 Å². The largest absolute Gasteiger partial charge is 0.333 e. The van der Waals surface area contributed by atoms with Crippen molar-refractivity contribution in [2.75, 3.05) is 10.6 Å². The Morgan fingerprint density at radius 1 is 0.905 bits per heavy atom. The van der Waals surface area contributed by atoms with Crippen molar-refractivity contribution in [2.24, 2.45) is 5.41 Å². The monoisotopic (exact) mass is 291 g/mol. The van der Waals surface area contributed by atoms with Crippen LogP contribution in [0, 0.1) is 5.41 Å². The topological polar surface area (TPSA) is 70.2 Å². The molecule has 116 valence electrons. The number of anilines is 2. The summed E-state index contributed by atoms with van der Waals surface area (Å²) in [6.07, 6.45) is 0. The van der Waals surface area contributed by atoms with Crippen LogP contribution < -0.4 is 16.0 Å². The van der Waals surface area contributed by atoms with Crippen LogP contribution in [-0.2, 0) is 4.79 Å². The molecule has 5 heteroatoms. The minimum Gasteiger partial charge on any atom is -0.333 e. The highest BCUT2D eigenvalue weighted by Crippen LogP contribution is 2.20. The van der Waals surface area contributed by atoms with Gasteiger partial charge in [0, 0.05) is 22.3 Å². The van der Waals surface area contributed by atoms with Crippen LogP contribution in [0.1, 0.15) is 41.5 Å². The van der Waals surface area contributed by atoms with E-state index in [2.05, 4.69) is 16.0 Å². The quantitative estimate of drug-likeness (QED) is 0.779. The van der Waals surface area contributed by atoms with E-state index in [-0.39, 0.29) is 17.5 Å². The van der Waals surface area contributed by atoms with E-state index < -0.39 is 5.41 Å². The van der Waals surface area contributed by atoms with Crippen LogP contribution in [0.2, 0.25) is 0 Å². The molecule has 3 amide bonds. The maximum Gasteiger partial charge on any atom is 0.319 e. The molecule has 5 nitrogen and oxygen atoms in total. The fraction of sp³-hybridized carbons (Fsp3) is 0.500. The van der Waals surface area contributed by atoms with Crippen LogP contribution >= 0.6 is 0 Å². The molecule has 0 saturated heterocycles. The zero-order valence-electron chi connectivity index (χ0n) is 13.6. The lowest BCUT2D eigenvalue weighted by atomic mass is 9.95. The van der Waals surface area contributed by atoms with Crippen molar-refractivity contribution < 1.29 is 9.59 Å². The van der Waals surface area contributed by atoms with E-state index in [0.717, 1.165) is 0 Å². The predicted octanol–water partition coefficient (Wildman–Crippen LogP) is 3.59. The summed E-state index contributed by atoms with van der Waals surface area (Å²) >= 11 is 0. The van der Waals surface area contributed by atoms with Crippen LogP contribution in [0.5, 0.6) is 0 Å². The fourth-order valence-corrected chi connectivity index (χ4v) is 1.50. The van der Waals surface area contributed by atoms with Gasteiger partial charge < -0.3 is 16.0 Å². The molecule has 0 bridgehead atoms. The lowest BCUT2D eigenvalue weighted by molar-refractivity contribution is -0.123. The minimum atomic E-state index is -0.465. The Morgan fingerprint density at radius 3 is 1.90 bits per heavy atom. The predicted molar refractivity (Wildman–Crippen MR) is 86.4 cm³/mol. The maximum atomic E-state index is 11.9. The van der Waals surface area contributed by atoms with Gasteiger partial charge in [0.2, 0.25) is 5.91 Å². The van der Waals surface area contributed by atoms with Crippen molar-refractivity contribution >= 4 is 23.3 Å². The lowest BCUT2D eigenvalue weighted by Gasteiger charge is -2.21. The second kappa shape index (κ2) is 6.16. The van der Waals surface area contributed by atoms with Crippen molar-refractivity contribution in [3.63, 3.8) is 0 Å². The van der Waals surface area contributed by atoms with Gasteiger partial charge in [-0.1, -0.05) is 26.8 Å². The molecule has 21 heavy (non-hydrogen) atoms. The molecule has 0 saturated carbocycles. The molecule has 0 spiro atoms. The Kier molecular flexibility index (Phi) is 4.99. The molecule has 0 aromatic heterocycles. The number of amides is 3. The molecule has 1 aromatic carbocycles. The highest BCUT2D eigenvalue weighted by molar-refractivity contribution is 5.96. The Balaban J connectivity index is 2.73. The SMILES string of the molecule is CC(C)(C)NC(=O)Nc1cccc(NC(=O)C(C)(C)C)c1. The summed E-state index contributed by atoms with van der Waals surface area (Å²) in [7, 11) is 0. The Morgan fingerprint density at radius 2 is 1.43 bits per heavy atom. The smallest absolute Gasteiger partial charge is 0.319 e. The highest BCUT2D eigenvalue weighted by Gasteiger charge is 2.21. The van der Waals surface area contributed by atoms with Gasteiger partial charge in [0.25, 0.3) is 0 Å². The van der Waals surface area contributed by atoms with Gasteiger partial charge in [0.05, 0.1) is 0 Å². The lowest BCUT2D eigenvalue weighted by Crippen LogP contribution is -2.43. The molecule has 0 heterocycles. The van der Waals surface area contributed by atoms with Gasteiger partial charge in [-0.2, -0.15) is 0 Å². The number of benzene rings is 1. The second-order valence-electron chi connectivity index (χ2n) is 7.11. The molecule has 0 aliphatic carbocycles. The Hall–Kier alpha value is -2.04. The number of rotatable bonds is 2. The zero-order chi connectivity index (χ0) is 16.3. The van der Waals surface area contributed by atoms with E-state index in [1.807, 2.05) is 41.5 Å². The molecule has 0 unspecified atom stereocenters. The third kappa shape index (κ3) is 6.29. The number of hydrogen-bond donors (Lipinski definition) is 3. The molecule has 0 aliphatic heterocycles. The number of urea groups is 1. The van der Waals surface area contributed by atoms with E-state index in [1.165, 1.54) is 0 Å². The van der Waals surface area contributed by atoms with Gasteiger partial charge in [-0.25, -0.2) is 4.79 Å². The molecule has 0 atom stereocenters. The number of hydrogen-bond acceptors (Lipinski definition) is 2. The van der Waals surface area contributed by atoms with Crippen molar-refractivity contribution in [1.29, 1.82) is 0 Å². The number of carbonyl (C=O) groups is 2. The van der Waals surface area contributed by atoms with Crippen LogP contribution in [0.3, 0.4) is 0 Å². The first kappa shape index (κ1) is 17.0. The van der Waals surface area contributed by atoms with E-state index in [9.17, 15) is 9.59 Å². The number of nitrogens with one attached hydrogen (secondary N) is 3.